The summed E-state index contributed by atoms with van der Waals surface area (Å²) in [4.78, 5) is 2.53. The minimum Gasteiger partial charge on any atom is -0.371 e. The van der Waals surface area contributed by atoms with Gasteiger partial charge in [-0.2, -0.15) is 0 Å². The average Bonchev–Trinajstić information content (AvgIpc) is 2.39. The van der Waals surface area contributed by atoms with E-state index in [-0.39, 0.29) is 0 Å². The van der Waals surface area contributed by atoms with Crippen LogP contribution in [0, 0.1) is 0 Å². The van der Waals surface area contributed by atoms with Crippen LogP contribution in [0.25, 0.3) is 0 Å². The van der Waals surface area contributed by atoms with Crippen LogP contribution in [-0.4, -0.2) is 20.1 Å². The number of anilines is 1. The molecule has 0 aromatic heterocycles. The largest absolute Gasteiger partial charge is 0.371 e. The molecular weight excluding hydrogens is 276 g/mol. The lowest BCUT2D eigenvalue weighted by atomic mass is 10.0. The Bertz CT molecular complexity index is 372. The highest BCUT2D eigenvalue weighted by Gasteiger charge is 2.17. The van der Waals surface area contributed by atoms with Gasteiger partial charge >= 0.3 is 0 Å². The van der Waals surface area contributed by atoms with Gasteiger partial charge in [0.2, 0.25) is 0 Å². The van der Waals surface area contributed by atoms with E-state index in [1.165, 1.54) is 48.1 Å². The number of hydrogen-bond acceptors (Lipinski definition) is 2. The van der Waals surface area contributed by atoms with Crippen LogP contribution >= 0.6 is 15.9 Å². The highest BCUT2D eigenvalue weighted by Crippen LogP contribution is 2.31. The van der Waals surface area contributed by atoms with E-state index in [4.69, 9.17) is 0 Å². The summed E-state index contributed by atoms with van der Waals surface area (Å²) in [6, 6.07) is 7.03. The van der Waals surface area contributed by atoms with Crippen molar-refractivity contribution in [3.63, 3.8) is 0 Å². The van der Waals surface area contributed by atoms with Crippen molar-refractivity contribution in [1.29, 1.82) is 0 Å². The Morgan fingerprint density at radius 3 is 2.59 bits per heavy atom. The molecule has 1 saturated heterocycles. The van der Waals surface area contributed by atoms with Gasteiger partial charge in [0, 0.05) is 29.3 Å². The molecule has 1 aromatic carbocycles. The fourth-order valence-corrected chi connectivity index (χ4v) is 2.80. The molecule has 0 spiro atoms. The first kappa shape index (κ1) is 12.9. The Morgan fingerprint density at radius 1 is 1.24 bits per heavy atom. The van der Waals surface area contributed by atoms with Crippen molar-refractivity contribution < 1.29 is 0 Å². The zero-order valence-corrected chi connectivity index (χ0v) is 12.3. The van der Waals surface area contributed by atoms with E-state index in [0.717, 1.165) is 0 Å². The van der Waals surface area contributed by atoms with E-state index in [0.29, 0.717) is 6.04 Å². The first-order chi connectivity index (χ1) is 8.22. The maximum Gasteiger partial charge on any atom is 0.0425 e. The van der Waals surface area contributed by atoms with E-state index in [1.807, 2.05) is 7.05 Å². The molecule has 1 unspecified atom stereocenters. The molecule has 0 aliphatic carbocycles. The molecular formula is C14H21BrN2. The van der Waals surface area contributed by atoms with Crippen molar-refractivity contribution in [1.82, 2.24) is 5.32 Å². The summed E-state index contributed by atoms with van der Waals surface area (Å²) in [5, 5.41) is 3.34. The van der Waals surface area contributed by atoms with Gasteiger partial charge in [0.1, 0.15) is 0 Å². The minimum atomic E-state index is 0.403. The number of nitrogens with zero attached hydrogens (tertiary/aromatic N) is 1. The number of piperidine rings is 1. The second-order valence-electron chi connectivity index (χ2n) is 4.76. The van der Waals surface area contributed by atoms with Crippen LogP contribution in [0.4, 0.5) is 5.69 Å². The van der Waals surface area contributed by atoms with E-state index < -0.39 is 0 Å². The van der Waals surface area contributed by atoms with Gasteiger partial charge in [-0.25, -0.2) is 0 Å². The van der Waals surface area contributed by atoms with Gasteiger partial charge in [0.15, 0.2) is 0 Å². The summed E-state index contributed by atoms with van der Waals surface area (Å²) in [6.45, 7) is 4.61. The van der Waals surface area contributed by atoms with Crippen molar-refractivity contribution >= 4 is 21.6 Å². The highest BCUT2D eigenvalue weighted by atomic mass is 79.9. The van der Waals surface area contributed by atoms with E-state index in [9.17, 15) is 0 Å². The van der Waals surface area contributed by atoms with Crippen LogP contribution in [0.5, 0.6) is 0 Å². The first-order valence-corrected chi connectivity index (χ1v) is 7.23. The monoisotopic (exact) mass is 296 g/mol. The molecule has 1 N–H and O–H groups in total. The summed E-state index contributed by atoms with van der Waals surface area (Å²) in [6.07, 6.45) is 4.02. The fourth-order valence-electron chi connectivity index (χ4n) is 2.45. The van der Waals surface area contributed by atoms with Crippen LogP contribution in [0.2, 0.25) is 0 Å². The Hall–Kier alpha value is -0.540. The Morgan fingerprint density at radius 2 is 1.94 bits per heavy atom. The molecule has 2 rings (SSSR count). The lowest BCUT2D eigenvalue weighted by Crippen LogP contribution is -2.31. The molecule has 0 bridgehead atoms. The molecule has 1 aliphatic rings. The van der Waals surface area contributed by atoms with Crippen LogP contribution in [0.1, 0.15) is 37.8 Å². The Balaban J connectivity index is 2.31. The van der Waals surface area contributed by atoms with Crippen LogP contribution < -0.4 is 10.2 Å². The van der Waals surface area contributed by atoms with E-state index >= 15 is 0 Å². The normalized spacial score (nSPS) is 18.2. The molecule has 1 fully saturated rings. The third kappa shape index (κ3) is 3.02. The number of hydrogen-bond donors (Lipinski definition) is 1. The molecule has 3 heteroatoms. The predicted molar refractivity (Wildman–Crippen MR) is 77.7 cm³/mol. The molecule has 1 aromatic rings. The first-order valence-electron chi connectivity index (χ1n) is 6.44. The molecule has 1 aliphatic heterocycles. The van der Waals surface area contributed by atoms with Gasteiger partial charge in [0.05, 0.1) is 0 Å². The number of benzene rings is 1. The molecule has 1 atom stereocenters. The topological polar surface area (TPSA) is 15.3 Å². The average molecular weight is 297 g/mol. The zero-order chi connectivity index (χ0) is 12.3. The van der Waals surface area contributed by atoms with Crippen molar-refractivity contribution in [2.45, 2.75) is 32.2 Å². The maximum atomic E-state index is 3.59. The standard InChI is InChI=1S/C14H21BrN2/c1-11(16-2)13-7-6-12(15)10-14(13)17-8-4-3-5-9-17/h6-7,10-11,16H,3-5,8-9H2,1-2H3. The van der Waals surface area contributed by atoms with Crippen LogP contribution in [-0.2, 0) is 0 Å². The smallest absolute Gasteiger partial charge is 0.0425 e. The zero-order valence-electron chi connectivity index (χ0n) is 10.7. The lowest BCUT2D eigenvalue weighted by molar-refractivity contribution is 0.570. The summed E-state index contributed by atoms with van der Waals surface area (Å²) in [5.41, 5.74) is 2.79. The van der Waals surface area contributed by atoms with Gasteiger partial charge in [-0.1, -0.05) is 22.0 Å². The fraction of sp³-hybridized carbons (Fsp3) is 0.571. The highest BCUT2D eigenvalue weighted by molar-refractivity contribution is 9.10. The van der Waals surface area contributed by atoms with E-state index in [2.05, 4.69) is 51.3 Å². The molecule has 0 amide bonds. The Labute approximate surface area is 113 Å². The van der Waals surface area contributed by atoms with Gasteiger partial charge < -0.3 is 10.2 Å². The molecule has 94 valence electrons. The molecule has 2 nitrogen and oxygen atoms in total. The van der Waals surface area contributed by atoms with Gasteiger partial charge in [0.25, 0.3) is 0 Å². The third-order valence-electron chi connectivity index (χ3n) is 3.59. The third-order valence-corrected chi connectivity index (χ3v) is 4.08. The number of rotatable bonds is 3. The summed E-state index contributed by atoms with van der Waals surface area (Å²) >= 11 is 3.59. The summed E-state index contributed by atoms with van der Waals surface area (Å²) < 4.78 is 1.17. The molecule has 17 heavy (non-hydrogen) atoms. The van der Waals surface area contributed by atoms with E-state index in [1.54, 1.807) is 0 Å². The lowest BCUT2D eigenvalue weighted by Gasteiger charge is -2.32. The predicted octanol–water partition coefficient (Wildman–Crippen LogP) is 3.72. The number of nitrogens with one attached hydrogen (secondary N) is 1. The van der Waals surface area contributed by atoms with Gasteiger partial charge in [-0.15, -0.1) is 0 Å². The number of halogens is 1. The molecule has 0 saturated carbocycles. The van der Waals surface area contributed by atoms with Gasteiger partial charge in [-0.3, -0.25) is 0 Å². The molecule has 1 heterocycles. The molecule has 0 radical (unpaired) electrons. The van der Waals surface area contributed by atoms with Crippen molar-refractivity contribution in [2.75, 3.05) is 25.0 Å². The van der Waals surface area contributed by atoms with Crippen molar-refractivity contribution in [3.8, 4) is 0 Å². The maximum absolute atomic E-state index is 3.59. The second-order valence-corrected chi connectivity index (χ2v) is 5.68. The summed E-state index contributed by atoms with van der Waals surface area (Å²) in [5.74, 6) is 0. The van der Waals surface area contributed by atoms with Crippen molar-refractivity contribution in [3.05, 3.63) is 28.2 Å². The SMILES string of the molecule is CNC(C)c1ccc(Br)cc1N1CCCCC1. The van der Waals surface area contributed by atoms with Crippen LogP contribution in [0.15, 0.2) is 22.7 Å². The van der Waals surface area contributed by atoms with Gasteiger partial charge in [-0.05, 0) is 50.9 Å². The summed E-state index contributed by atoms with van der Waals surface area (Å²) in [7, 11) is 2.02. The second kappa shape index (κ2) is 5.87. The minimum absolute atomic E-state index is 0.403. The van der Waals surface area contributed by atoms with Crippen LogP contribution in [0.3, 0.4) is 0 Å². The Kier molecular flexibility index (Phi) is 4.46. The van der Waals surface area contributed by atoms with Crippen molar-refractivity contribution in [2.24, 2.45) is 0 Å². The quantitative estimate of drug-likeness (QED) is 0.914.